The maximum atomic E-state index is 13.6. The van der Waals surface area contributed by atoms with Gasteiger partial charge in [-0.25, -0.2) is 0 Å². The monoisotopic (exact) mass is 437 g/mol. The molecule has 3 aliphatic heterocycles. The number of benzene rings is 2. The predicted molar refractivity (Wildman–Crippen MR) is 117 cm³/mol. The molecule has 7 heteroatoms. The minimum absolute atomic E-state index is 0.0636. The van der Waals surface area contributed by atoms with Gasteiger partial charge in [-0.05, 0) is 24.0 Å². The van der Waals surface area contributed by atoms with E-state index in [9.17, 15) is 14.4 Å². The van der Waals surface area contributed by atoms with Crippen molar-refractivity contribution < 1.29 is 14.4 Å². The van der Waals surface area contributed by atoms with E-state index in [1.54, 1.807) is 12.1 Å². The fourth-order valence-electron chi connectivity index (χ4n) is 5.46. The second kappa shape index (κ2) is 7.18. The predicted octanol–water partition coefficient (Wildman–Crippen LogP) is 2.96. The molecule has 0 bridgehead atoms. The van der Waals surface area contributed by atoms with Crippen LogP contribution in [0.5, 0.6) is 0 Å². The van der Waals surface area contributed by atoms with Crippen LogP contribution in [0.3, 0.4) is 0 Å². The highest BCUT2D eigenvalue weighted by atomic mass is 35.5. The van der Waals surface area contributed by atoms with Crippen LogP contribution in [-0.4, -0.2) is 35.2 Å². The molecule has 1 spiro atoms. The Balaban J connectivity index is 1.56. The lowest BCUT2D eigenvalue weighted by molar-refractivity contribution is -0.142. The van der Waals surface area contributed by atoms with Crippen molar-refractivity contribution in [1.82, 2.24) is 10.2 Å². The summed E-state index contributed by atoms with van der Waals surface area (Å²) in [5, 5.41) is 6.70. The Kier molecular flexibility index (Phi) is 4.68. The largest absolute Gasteiger partial charge is 0.323 e. The Morgan fingerprint density at radius 1 is 1.03 bits per heavy atom. The first-order valence-corrected chi connectivity index (χ1v) is 11.0. The Morgan fingerprint density at radius 2 is 1.77 bits per heavy atom. The number of nitrogens with one attached hydrogen (secondary N) is 2. The number of nitrogens with zero attached hydrogens (tertiary/aromatic N) is 1. The smallest absolute Gasteiger partial charge is 0.250 e. The lowest BCUT2D eigenvalue weighted by Gasteiger charge is -2.30. The number of carbonyl (C=O) groups excluding carboxylic acids is 3. The number of anilines is 1. The van der Waals surface area contributed by atoms with E-state index in [-0.39, 0.29) is 29.7 Å². The number of para-hydroxylation sites is 1. The third kappa shape index (κ3) is 2.78. The van der Waals surface area contributed by atoms with Crippen molar-refractivity contribution in [3.63, 3.8) is 0 Å². The summed E-state index contributed by atoms with van der Waals surface area (Å²) in [7, 11) is 0. The molecule has 0 aliphatic carbocycles. The number of fused-ring (bicyclic) bond motifs is 4. The molecule has 0 saturated carbocycles. The third-order valence-corrected chi connectivity index (χ3v) is 7.23. The average molecular weight is 438 g/mol. The minimum Gasteiger partial charge on any atom is -0.323 e. The zero-order valence-electron chi connectivity index (χ0n) is 17.4. The Labute approximate surface area is 185 Å². The molecule has 6 nitrogen and oxygen atoms in total. The summed E-state index contributed by atoms with van der Waals surface area (Å²) in [5.74, 6) is -2.11. The van der Waals surface area contributed by atoms with E-state index in [2.05, 4.69) is 10.6 Å². The van der Waals surface area contributed by atoms with E-state index in [0.29, 0.717) is 29.2 Å². The second-order valence-corrected chi connectivity index (χ2v) is 9.31. The van der Waals surface area contributed by atoms with Gasteiger partial charge in [-0.2, -0.15) is 0 Å². The van der Waals surface area contributed by atoms with Crippen LogP contribution in [0.4, 0.5) is 5.69 Å². The van der Waals surface area contributed by atoms with Gasteiger partial charge >= 0.3 is 0 Å². The van der Waals surface area contributed by atoms with E-state index in [1.165, 1.54) is 4.90 Å². The number of imide groups is 1. The number of amides is 3. The number of hydrogen-bond acceptors (Lipinski definition) is 4. The molecule has 0 unspecified atom stereocenters. The molecule has 5 rings (SSSR count). The number of halogens is 1. The molecule has 3 heterocycles. The van der Waals surface area contributed by atoms with Crippen LogP contribution < -0.4 is 10.6 Å². The summed E-state index contributed by atoms with van der Waals surface area (Å²) in [6.45, 7) is 4.31. The van der Waals surface area contributed by atoms with E-state index >= 15 is 0 Å². The Morgan fingerprint density at radius 3 is 2.48 bits per heavy atom. The van der Waals surface area contributed by atoms with E-state index < -0.39 is 17.4 Å². The van der Waals surface area contributed by atoms with Crippen molar-refractivity contribution in [1.29, 1.82) is 0 Å². The highest BCUT2D eigenvalue weighted by Gasteiger charge is 2.70. The molecule has 2 aromatic rings. The van der Waals surface area contributed by atoms with Gasteiger partial charge in [0.1, 0.15) is 5.54 Å². The van der Waals surface area contributed by atoms with Crippen molar-refractivity contribution in [3.8, 4) is 0 Å². The Hall–Kier alpha value is -2.70. The number of rotatable bonds is 4. The lowest BCUT2D eigenvalue weighted by atomic mass is 9.76. The van der Waals surface area contributed by atoms with Crippen LogP contribution in [0.25, 0.3) is 0 Å². The van der Waals surface area contributed by atoms with Crippen molar-refractivity contribution >= 4 is 35.0 Å². The molecule has 0 aromatic heterocycles. The fourth-order valence-corrected chi connectivity index (χ4v) is 5.69. The van der Waals surface area contributed by atoms with Crippen LogP contribution in [0.1, 0.15) is 25.0 Å². The van der Waals surface area contributed by atoms with E-state index in [0.717, 1.165) is 5.56 Å². The topological polar surface area (TPSA) is 78.5 Å². The lowest BCUT2D eigenvalue weighted by Crippen LogP contribution is -2.54. The van der Waals surface area contributed by atoms with Gasteiger partial charge in [0, 0.05) is 18.2 Å². The first-order chi connectivity index (χ1) is 14.9. The fraction of sp³-hybridized carbons (Fsp3) is 0.375. The summed E-state index contributed by atoms with van der Waals surface area (Å²) < 4.78 is 0. The van der Waals surface area contributed by atoms with Gasteiger partial charge in [0.2, 0.25) is 17.7 Å². The molecule has 3 amide bonds. The van der Waals surface area contributed by atoms with Crippen molar-refractivity contribution in [2.24, 2.45) is 17.8 Å². The van der Waals surface area contributed by atoms with E-state index in [4.69, 9.17) is 11.6 Å². The maximum Gasteiger partial charge on any atom is 0.250 e. The quantitative estimate of drug-likeness (QED) is 0.721. The summed E-state index contributed by atoms with van der Waals surface area (Å²) in [6, 6.07) is 14.8. The molecule has 2 fully saturated rings. The van der Waals surface area contributed by atoms with Crippen LogP contribution >= 0.6 is 11.6 Å². The highest BCUT2D eigenvalue weighted by Crippen LogP contribution is 2.54. The number of hydrogen-bond donors (Lipinski definition) is 2. The van der Waals surface area contributed by atoms with Crippen molar-refractivity contribution in [3.05, 3.63) is 64.7 Å². The molecule has 2 aromatic carbocycles. The van der Waals surface area contributed by atoms with Gasteiger partial charge in [0.25, 0.3) is 0 Å². The SMILES string of the molecule is CC(C)[C@@H]1N[C@]2(C(=O)Nc3c(Cl)cccc32)[C@@H]2C(=O)N(CCc3ccccc3)C(=O)[C@@H]21. The zero-order valence-corrected chi connectivity index (χ0v) is 18.1. The first-order valence-electron chi connectivity index (χ1n) is 10.6. The summed E-state index contributed by atoms with van der Waals surface area (Å²) in [4.78, 5) is 41.8. The second-order valence-electron chi connectivity index (χ2n) is 8.91. The standard InChI is InChI=1S/C24H24ClN3O3/c1-13(2)19-17-18(22(30)28(21(17)29)12-11-14-7-4-3-5-8-14)24(27-19)15-9-6-10-16(25)20(15)26-23(24)31/h3-10,13,17-19,27H,11-12H2,1-2H3,(H,26,31)/t17-,18-,19-,24-/m0/s1. The van der Waals surface area contributed by atoms with Crippen LogP contribution in [0.2, 0.25) is 5.02 Å². The maximum absolute atomic E-state index is 13.6. The summed E-state index contributed by atoms with van der Waals surface area (Å²) in [5.41, 5.74) is 0.944. The van der Waals surface area contributed by atoms with Gasteiger partial charge in [-0.1, -0.05) is 67.9 Å². The van der Waals surface area contributed by atoms with Gasteiger partial charge in [-0.15, -0.1) is 0 Å². The van der Waals surface area contributed by atoms with Gasteiger partial charge in [-0.3, -0.25) is 24.6 Å². The van der Waals surface area contributed by atoms with Crippen molar-refractivity contribution in [2.75, 3.05) is 11.9 Å². The average Bonchev–Trinajstić information content (AvgIpc) is 3.34. The first kappa shape index (κ1) is 20.2. The zero-order chi connectivity index (χ0) is 21.9. The molecule has 2 saturated heterocycles. The third-order valence-electron chi connectivity index (χ3n) is 6.91. The van der Waals surface area contributed by atoms with Crippen molar-refractivity contribution in [2.45, 2.75) is 31.8 Å². The molecule has 0 radical (unpaired) electrons. The highest BCUT2D eigenvalue weighted by molar-refractivity contribution is 6.35. The summed E-state index contributed by atoms with van der Waals surface area (Å²) >= 11 is 6.34. The molecule has 2 N–H and O–H groups in total. The van der Waals surface area contributed by atoms with Gasteiger partial charge in [0.05, 0.1) is 22.5 Å². The summed E-state index contributed by atoms with van der Waals surface area (Å²) in [6.07, 6.45) is 0.582. The van der Waals surface area contributed by atoms with Crippen LogP contribution in [0.15, 0.2) is 48.5 Å². The normalized spacial score (nSPS) is 29.1. The Bertz CT molecular complexity index is 1090. The molecular formula is C24H24ClN3O3. The molecular weight excluding hydrogens is 414 g/mol. The van der Waals surface area contributed by atoms with Crippen LogP contribution in [-0.2, 0) is 26.3 Å². The molecule has 4 atom stereocenters. The van der Waals surface area contributed by atoms with Crippen LogP contribution in [0, 0.1) is 17.8 Å². The number of likely N-dealkylation sites (tertiary alicyclic amines) is 1. The molecule has 3 aliphatic rings. The van der Waals surface area contributed by atoms with Gasteiger partial charge < -0.3 is 5.32 Å². The molecule has 31 heavy (non-hydrogen) atoms. The van der Waals surface area contributed by atoms with E-state index in [1.807, 2.05) is 50.2 Å². The minimum atomic E-state index is -1.28. The van der Waals surface area contributed by atoms with Gasteiger partial charge in [0.15, 0.2) is 0 Å². The number of carbonyl (C=O) groups is 3. The molecule has 160 valence electrons.